The van der Waals surface area contributed by atoms with Crippen molar-refractivity contribution >= 4 is 17.4 Å². The molecule has 0 spiro atoms. The fourth-order valence-electron chi connectivity index (χ4n) is 3.93. The standard InChI is InChI=1S/C20H23FN2O2S/c1-13-16-9-12-26-18(16)8-10-23(13)20(24)22-19(17-3-2-11-25-17)14-4-6-15(21)7-5-14/h4-7,9,12-13,17,19H,2-3,8,10-11H2,1H3,(H,22,24). The molecule has 0 aliphatic carbocycles. The smallest absolute Gasteiger partial charge is 0.318 e. The summed E-state index contributed by atoms with van der Waals surface area (Å²) in [7, 11) is 0. The summed E-state index contributed by atoms with van der Waals surface area (Å²) in [6, 6.07) is 8.16. The van der Waals surface area contributed by atoms with Gasteiger partial charge in [-0.15, -0.1) is 11.3 Å². The molecule has 0 saturated carbocycles. The predicted octanol–water partition coefficient (Wildman–Crippen LogP) is 4.44. The molecule has 1 saturated heterocycles. The van der Waals surface area contributed by atoms with Crippen LogP contribution in [0.1, 0.15) is 47.9 Å². The SMILES string of the molecule is CC1c2ccsc2CCN1C(=O)NC(c1ccc(F)cc1)C1CCCO1. The van der Waals surface area contributed by atoms with Crippen LogP contribution in [0.25, 0.3) is 0 Å². The number of carbonyl (C=O) groups excluding carboxylic acids is 1. The molecule has 2 amide bonds. The summed E-state index contributed by atoms with van der Waals surface area (Å²) >= 11 is 1.76. The summed E-state index contributed by atoms with van der Waals surface area (Å²) in [5, 5.41) is 5.25. The summed E-state index contributed by atoms with van der Waals surface area (Å²) in [5.41, 5.74) is 2.12. The first kappa shape index (κ1) is 17.5. The van der Waals surface area contributed by atoms with E-state index < -0.39 is 0 Å². The number of fused-ring (bicyclic) bond motifs is 1. The Labute approximate surface area is 157 Å². The van der Waals surface area contributed by atoms with Crippen molar-refractivity contribution in [3.63, 3.8) is 0 Å². The van der Waals surface area contributed by atoms with Gasteiger partial charge in [0.05, 0.1) is 18.2 Å². The molecule has 3 unspecified atom stereocenters. The van der Waals surface area contributed by atoms with Crippen LogP contribution in [0, 0.1) is 5.82 Å². The van der Waals surface area contributed by atoms with Crippen molar-refractivity contribution in [2.75, 3.05) is 13.2 Å². The number of urea groups is 1. The predicted molar refractivity (Wildman–Crippen MR) is 99.8 cm³/mol. The molecule has 1 aromatic carbocycles. The Morgan fingerprint density at radius 2 is 2.15 bits per heavy atom. The minimum Gasteiger partial charge on any atom is -0.376 e. The summed E-state index contributed by atoms with van der Waals surface area (Å²) < 4.78 is 19.1. The lowest BCUT2D eigenvalue weighted by molar-refractivity contribution is 0.0764. The van der Waals surface area contributed by atoms with Gasteiger partial charge in [0, 0.05) is 18.0 Å². The summed E-state index contributed by atoms with van der Waals surface area (Å²) in [4.78, 5) is 16.3. The molecule has 4 nitrogen and oxygen atoms in total. The van der Waals surface area contributed by atoms with Crippen molar-refractivity contribution in [3.05, 3.63) is 57.5 Å². The van der Waals surface area contributed by atoms with Crippen molar-refractivity contribution in [2.45, 2.75) is 44.4 Å². The molecule has 2 aromatic rings. The summed E-state index contributed by atoms with van der Waals surface area (Å²) in [6.45, 7) is 3.49. The molecule has 3 heterocycles. The minimum absolute atomic E-state index is 0.0587. The summed E-state index contributed by atoms with van der Waals surface area (Å²) in [6.07, 6.45) is 2.70. The molecule has 3 atom stereocenters. The lowest BCUT2D eigenvalue weighted by atomic mass is 9.98. The van der Waals surface area contributed by atoms with Crippen LogP contribution in [-0.4, -0.2) is 30.2 Å². The average molecular weight is 374 g/mol. The zero-order valence-electron chi connectivity index (χ0n) is 14.8. The number of benzene rings is 1. The Balaban J connectivity index is 1.53. The van der Waals surface area contributed by atoms with Crippen LogP contribution in [0.15, 0.2) is 35.7 Å². The average Bonchev–Trinajstić information content (AvgIpc) is 3.33. The van der Waals surface area contributed by atoms with Gasteiger partial charge in [0.2, 0.25) is 0 Å². The van der Waals surface area contributed by atoms with E-state index in [1.165, 1.54) is 22.6 Å². The van der Waals surface area contributed by atoms with Crippen molar-refractivity contribution in [1.29, 1.82) is 0 Å². The van der Waals surface area contributed by atoms with Crippen molar-refractivity contribution in [2.24, 2.45) is 0 Å². The largest absolute Gasteiger partial charge is 0.376 e. The third kappa shape index (κ3) is 3.35. The molecule has 2 aliphatic rings. The van der Waals surface area contributed by atoms with Gasteiger partial charge in [0.25, 0.3) is 0 Å². The van der Waals surface area contributed by atoms with Crippen LogP contribution in [0.3, 0.4) is 0 Å². The number of amides is 2. The van der Waals surface area contributed by atoms with Gasteiger partial charge in [-0.2, -0.15) is 0 Å². The molecule has 2 aliphatic heterocycles. The highest BCUT2D eigenvalue weighted by atomic mass is 32.1. The van der Waals surface area contributed by atoms with E-state index in [9.17, 15) is 9.18 Å². The van der Waals surface area contributed by atoms with E-state index in [1.807, 2.05) is 4.90 Å². The van der Waals surface area contributed by atoms with Crippen molar-refractivity contribution in [3.8, 4) is 0 Å². The first-order chi connectivity index (χ1) is 12.6. The van der Waals surface area contributed by atoms with Crippen molar-refractivity contribution in [1.82, 2.24) is 10.2 Å². The normalized spacial score (nSPS) is 23.5. The second-order valence-corrected chi connectivity index (χ2v) is 7.95. The fourth-order valence-corrected chi connectivity index (χ4v) is 4.89. The van der Waals surface area contributed by atoms with E-state index in [2.05, 4.69) is 23.7 Å². The Morgan fingerprint density at radius 1 is 1.35 bits per heavy atom. The van der Waals surface area contributed by atoms with Gasteiger partial charge < -0.3 is 15.0 Å². The third-order valence-electron chi connectivity index (χ3n) is 5.38. The Hall–Kier alpha value is -1.92. The second kappa shape index (κ2) is 7.37. The highest BCUT2D eigenvalue weighted by Gasteiger charge is 2.33. The zero-order valence-corrected chi connectivity index (χ0v) is 15.6. The fraction of sp³-hybridized carbons (Fsp3) is 0.450. The van der Waals surface area contributed by atoms with Crippen LogP contribution in [0.2, 0.25) is 0 Å². The van der Waals surface area contributed by atoms with Crippen LogP contribution >= 0.6 is 11.3 Å². The maximum absolute atomic E-state index is 13.3. The Bertz CT molecular complexity index is 770. The number of nitrogens with one attached hydrogen (secondary N) is 1. The van der Waals surface area contributed by atoms with Gasteiger partial charge in [-0.3, -0.25) is 0 Å². The maximum atomic E-state index is 13.3. The molecule has 138 valence electrons. The first-order valence-corrected chi connectivity index (χ1v) is 10.0. The number of rotatable bonds is 3. The molecular formula is C20H23FN2O2S. The van der Waals surface area contributed by atoms with Gasteiger partial charge >= 0.3 is 6.03 Å². The third-order valence-corrected chi connectivity index (χ3v) is 6.38. The number of ether oxygens (including phenoxy) is 1. The highest BCUT2D eigenvalue weighted by molar-refractivity contribution is 7.10. The Morgan fingerprint density at radius 3 is 2.88 bits per heavy atom. The van der Waals surface area contributed by atoms with Crippen LogP contribution < -0.4 is 5.32 Å². The molecule has 1 aromatic heterocycles. The molecule has 6 heteroatoms. The summed E-state index contributed by atoms with van der Waals surface area (Å²) in [5.74, 6) is -0.277. The van der Waals surface area contributed by atoms with Gasteiger partial charge in [-0.25, -0.2) is 9.18 Å². The number of thiophene rings is 1. The molecule has 0 bridgehead atoms. The topological polar surface area (TPSA) is 41.6 Å². The van der Waals surface area contributed by atoms with Crippen LogP contribution in [0.5, 0.6) is 0 Å². The van der Waals surface area contributed by atoms with E-state index in [4.69, 9.17) is 4.74 Å². The highest BCUT2D eigenvalue weighted by Crippen LogP contribution is 2.34. The molecule has 0 radical (unpaired) electrons. The molecule has 26 heavy (non-hydrogen) atoms. The van der Waals surface area contributed by atoms with E-state index in [0.29, 0.717) is 13.2 Å². The number of hydrogen-bond donors (Lipinski definition) is 1. The lowest BCUT2D eigenvalue weighted by Crippen LogP contribution is -2.47. The molecular weight excluding hydrogens is 351 g/mol. The monoisotopic (exact) mass is 374 g/mol. The van der Waals surface area contributed by atoms with Crippen molar-refractivity contribution < 1.29 is 13.9 Å². The van der Waals surface area contributed by atoms with Gasteiger partial charge in [0.1, 0.15) is 5.82 Å². The maximum Gasteiger partial charge on any atom is 0.318 e. The Kier molecular flexibility index (Phi) is 4.96. The lowest BCUT2D eigenvalue weighted by Gasteiger charge is -2.36. The van der Waals surface area contributed by atoms with Crippen LogP contribution in [0.4, 0.5) is 9.18 Å². The van der Waals surface area contributed by atoms with E-state index in [1.54, 1.807) is 23.5 Å². The minimum atomic E-state index is -0.277. The van der Waals surface area contributed by atoms with Gasteiger partial charge in [-0.1, -0.05) is 12.1 Å². The van der Waals surface area contributed by atoms with Gasteiger partial charge in [0.15, 0.2) is 0 Å². The number of carbonyl (C=O) groups is 1. The zero-order chi connectivity index (χ0) is 18.1. The van der Waals surface area contributed by atoms with Crippen LogP contribution in [-0.2, 0) is 11.2 Å². The number of halogens is 1. The molecule has 1 N–H and O–H groups in total. The van der Waals surface area contributed by atoms with E-state index >= 15 is 0 Å². The first-order valence-electron chi connectivity index (χ1n) is 9.14. The van der Waals surface area contributed by atoms with E-state index in [0.717, 1.165) is 24.8 Å². The number of nitrogens with zero attached hydrogens (tertiary/aromatic N) is 1. The molecule has 4 rings (SSSR count). The number of hydrogen-bond acceptors (Lipinski definition) is 3. The quantitative estimate of drug-likeness (QED) is 0.863. The van der Waals surface area contributed by atoms with E-state index in [-0.39, 0.29) is 30.0 Å². The van der Waals surface area contributed by atoms with Gasteiger partial charge in [-0.05, 0) is 60.9 Å². The second-order valence-electron chi connectivity index (χ2n) is 6.95. The molecule has 1 fully saturated rings.